The van der Waals surface area contributed by atoms with Crippen LogP contribution in [-0.4, -0.2) is 49.6 Å². The van der Waals surface area contributed by atoms with Crippen LogP contribution in [0.25, 0.3) is 0 Å². The van der Waals surface area contributed by atoms with Gasteiger partial charge in [-0.15, -0.1) is 10.2 Å². The molecule has 0 atom stereocenters. The van der Waals surface area contributed by atoms with E-state index in [0.717, 1.165) is 5.56 Å². The first-order valence-electron chi connectivity index (χ1n) is 6.05. The molecule has 1 aliphatic heterocycles. The van der Waals surface area contributed by atoms with Gasteiger partial charge < -0.3 is 10.0 Å². The molecule has 1 aromatic carbocycles. The Morgan fingerprint density at radius 3 is 2.70 bits per heavy atom. The molecule has 8 heteroatoms. The molecule has 0 spiro atoms. The number of hydrogen-bond donors (Lipinski definition) is 2. The summed E-state index contributed by atoms with van der Waals surface area (Å²) < 4.78 is 0. The molecular formula is C12H12ClN5O2. The molecule has 3 rings (SSSR count). The molecule has 20 heavy (non-hydrogen) atoms. The quantitative estimate of drug-likeness (QED) is 0.838. The second-order valence-corrected chi connectivity index (χ2v) is 5.26. The molecule has 0 aliphatic carbocycles. The fourth-order valence-corrected chi connectivity index (χ4v) is 2.28. The maximum Gasteiger partial charge on any atom is 0.227 e. The van der Waals surface area contributed by atoms with Crippen molar-refractivity contribution in [3.8, 4) is 0 Å². The third-order valence-corrected chi connectivity index (χ3v) is 3.54. The van der Waals surface area contributed by atoms with Crippen LogP contribution in [0.1, 0.15) is 11.4 Å². The Kier molecular flexibility index (Phi) is 3.15. The first-order chi connectivity index (χ1) is 9.57. The number of benzene rings is 1. The lowest BCUT2D eigenvalue weighted by Gasteiger charge is -2.44. The van der Waals surface area contributed by atoms with E-state index in [1.54, 1.807) is 17.0 Å². The summed E-state index contributed by atoms with van der Waals surface area (Å²) in [5.41, 5.74) is -0.308. The topological polar surface area (TPSA) is 95.0 Å². The van der Waals surface area contributed by atoms with Crippen molar-refractivity contribution in [2.24, 2.45) is 0 Å². The molecule has 1 saturated heterocycles. The predicted molar refractivity (Wildman–Crippen MR) is 69.8 cm³/mol. The Hall–Kier alpha value is -1.99. The van der Waals surface area contributed by atoms with Crippen LogP contribution in [0.4, 0.5) is 0 Å². The molecule has 7 nitrogen and oxygen atoms in total. The first-order valence-corrected chi connectivity index (χ1v) is 6.43. The Morgan fingerprint density at radius 1 is 1.40 bits per heavy atom. The van der Waals surface area contributed by atoms with Crippen molar-refractivity contribution in [2.45, 2.75) is 12.0 Å². The Labute approximate surface area is 119 Å². The summed E-state index contributed by atoms with van der Waals surface area (Å²) in [7, 11) is 0. The molecule has 104 valence electrons. The molecule has 1 amide bonds. The highest BCUT2D eigenvalue weighted by molar-refractivity contribution is 6.30. The zero-order valence-corrected chi connectivity index (χ0v) is 11.2. The predicted octanol–water partition coefficient (Wildman–Crippen LogP) is 0.126. The number of aromatic nitrogens is 4. The maximum absolute atomic E-state index is 12.1. The number of halogens is 1. The van der Waals surface area contributed by atoms with Gasteiger partial charge >= 0.3 is 0 Å². The number of aliphatic hydroxyl groups is 1. The smallest absolute Gasteiger partial charge is 0.227 e. The fourth-order valence-electron chi connectivity index (χ4n) is 2.15. The largest absolute Gasteiger partial charge is 0.378 e. The molecule has 0 unspecified atom stereocenters. The molecule has 1 aliphatic rings. The third-order valence-electron chi connectivity index (χ3n) is 3.29. The van der Waals surface area contributed by atoms with Crippen molar-refractivity contribution in [1.29, 1.82) is 0 Å². The maximum atomic E-state index is 12.1. The van der Waals surface area contributed by atoms with Crippen LogP contribution in [-0.2, 0) is 16.8 Å². The van der Waals surface area contributed by atoms with E-state index in [1.165, 1.54) is 0 Å². The van der Waals surface area contributed by atoms with E-state index in [-0.39, 0.29) is 31.2 Å². The van der Waals surface area contributed by atoms with Gasteiger partial charge in [-0.2, -0.15) is 5.21 Å². The number of aromatic amines is 1. The standard InChI is InChI=1S/C12H12ClN5O2/c13-9-3-1-8(2-4-9)5-10(19)18-6-12(20,7-18)11-14-16-17-15-11/h1-4,20H,5-7H2,(H,14,15,16,17). The number of β-amino-alcohol motifs (C(OH)–C–C–N with tert-alkyl or cyclic N) is 1. The molecule has 0 radical (unpaired) electrons. The van der Waals surface area contributed by atoms with Gasteiger partial charge in [0.05, 0.1) is 19.5 Å². The van der Waals surface area contributed by atoms with Crippen molar-refractivity contribution < 1.29 is 9.90 Å². The zero-order chi connectivity index (χ0) is 14.2. The van der Waals surface area contributed by atoms with E-state index < -0.39 is 5.60 Å². The van der Waals surface area contributed by atoms with Crippen LogP contribution >= 0.6 is 11.6 Å². The average Bonchev–Trinajstić information content (AvgIpc) is 2.92. The van der Waals surface area contributed by atoms with Crippen LogP contribution in [0.15, 0.2) is 24.3 Å². The van der Waals surface area contributed by atoms with Crippen LogP contribution in [0.2, 0.25) is 5.02 Å². The van der Waals surface area contributed by atoms with Crippen molar-refractivity contribution in [3.63, 3.8) is 0 Å². The summed E-state index contributed by atoms with van der Waals surface area (Å²) in [5, 5.41) is 24.0. The molecule has 0 saturated carbocycles. The summed E-state index contributed by atoms with van der Waals surface area (Å²) in [6.45, 7) is 0.359. The summed E-state index contributed by atoms with van der Waals surface area (Å²) in [6.07, 6.45) is 0.277. The number of tetrazole rings is 1. The minimum Gasteiger partial charge on any atom is -0.378 e. The molecule has 2 N–H and O–H groups in total. The lowest BCUT2D eigenvalue weighted by molar-refractivity contribution is -0.158. The molecule has 2 aromatic rings. The van der Waals surface area contributed by atoms with Crippen LogP contribution in [0, 0.1) is 0 Å². The normalized spacial score (nSPS) is 16.8. The van der Waals surface area contributed by atoms with Crippen molar-refractivity contribution in [3.05, 3.63) is 40.7 Å². The fraction of sp³-hybridized carbons (Fsp3) is 0.333. The van der Waals surface area contributed by atoms with Gasteiger partial charge in [-0.3, -0.25) is 4.79 Å². The van der Waals surface area contributed by atoms with Gasteiger partial charge in [-0.25, -0.2) is 0 Å². The first kappa shape index (κ1) is 13.0. The van der Waals surface area contributed by atoms with Gasteiger partial charge in [0.2, 0.25) is 11.7 Å². The monoisotopic (exact) mass is 293 g/mol. The van der Waals surface area contributed by atoms with E-state index in [9.17, 15) is 9.90 Å². The highest BCUT2D eigenvalue weighted by atomic mass is 35.5. The van der Waals surface area contributed by atoms with E-state index >= 15 is 0 Å². The lowest BCUT2D eigenvalue weighted by atomic mass is 9.92. The van der Waals surface area contributed by atoms with Gasteiger partial charge in [0.25, 0.3) is 0 Å². The number of nitrogens with zero attached hydrogens (tertiary/aromatic N) is 4. The number of amides is 1. The van der Waals surface area contributed by atoms with E-state index in [2.05, 4.69) is 20.6 Å². The summed E-state index contributed by atoms with van der Waals surface area (Å²) in [4.78, 5) is 13.6. The van der Waals surface area contributed by atoms with Crippen LogP contribution in [0.5, 0.6) is 0 Å². The number of carbonyl (C=O) groups excluding carboxylic acids is 1. The Balaban J connectivity index is 1.60. The Bertz CT molecular complexity index is 607. The van der Waals surface area contributed by atoms with Crippen molar-refractivity contribution in [1.82, 2.24) is 25.5 Å². The van der Waals surface area contributed by atoms with Crippen molar-refractivity contribution in [2.75, 3.05) is 13.1 Å². The second-order valence-electron chi connectivity index (χ2n) is 4.82. The van der Waals surface area contributed by atoms with E-state index in [4.69, 9.17) is 11.6 Å². The number of H-pyrrole nitrogens is 1. The molecular weight excluding hydrogens is 282 g/mol. The second kappa shape index (κ2) is 4.84. The lowest BCUT2D eigenvalue weighted by Crippen LogP contribution is -2.62. The van der Waals surface area contributed by atoms with E-state index in [0.29, 0.717) is 5.02 Å². The summed E-state index contributed by atoms with van der Waals surface area (Å²) >= 11 is 5.79. The number of rotatable bonds is 3. The third kappa shape index (κ3) is 2.37. The number of likely N-dealkylation sites (tertiary alicyclic amines) is 1. The zero-order valence-electron chi connectivity index (χ0n) is 10.5. The molecule has 1 aromatic heterocycles. The molecule has 1 fully saturated rings. The van der Waals surface area contributed by atoms with Gasteiger partial charge in [-0.1, -0.05) is 28.9 Å². The van der Waals surface area contributed by atoms with E-state index in [1.807, 2.05) is 12.1 Å². The summed E-state index contributed by atoms with van der Waals surface area (Å²) in [5.74, 6) is 0.161. The minimum absolute atomic E-state index is 0.0551. The molecule has 2 heterocycles. The van der Waals surface area contributed by atoms with Crippen LogP contribution < -0.4 is 0 Å². The number of hydrogen-bond acceptors (Lipinski definition) is 5. The summed E-state index contributed by atoms with van der Waals surface area (Å²) in [6, 6.07) is 7.11. The molecule has 0 bridgehead atoms. The average molecular weight is 294 g/mol. The van der Waals surface area contributed by atoms with Crippen LogP contribution in [0.3, 0.4) is 0 Å². The highest BCUT2D eigenvalue weighted by Gasteiger charge is 2.48. The number of nitrogens with one attached hydrogen (secondary N) is 1. The number of carbonyl (C=O) groups is 1. The van der Waals surface area contributed by atoms with Gasteiger partial charge in [0, 0.05) is 5.02 Å². The van der Waals surface area contributed by atoms with Gasteiger partial charge in [0.1, 0.15) is 0 Å². The Morgan fingerprint density at radius 2 is 2.10 bits per heavy atom. The SMILES string of the molecule is O=C(Cc1ccc(Cl)cc1)N1CC(O)(c2nn[nH]n2)C1. The van der Waals surface area contributed by atoms with Crippen molar-refractivity contribution >= 4 is 17.5 Å². The highest BCUT2D eigenvalue weighted by Crippen LogP contribution is 2.29. The van der Waals surface area contributed by atoms with Gasteiger partial charge in [0.15, 0.2) is 5.60 Å². The minimum atomic E-state index is -1.19. The van der Waals surface area contributed by atoms with Gasteiger partial charge in [-0.05, 0) is 17.7 Å².